The molecular formula is C17H11NO3S. The van der Waals surface area contributed by atoms with Gasteiger partial charge in [-0.1, -0.05) is 42.5 Å². The Morgan fingerprint density at radius 1 is 1.00 bits per heavy atom. The van der Waals surface area contributed by atoms with E-state index in [9.17, 15) is 8.42 Å². The second-order valence-corrected chi connectivity index (χ2v) is 6.45. The summed E-state index contributed by atoms with van der Waals surface area (Å²) in [6.07, 6.45) is 3.14. The van der Waals surface area contributed by atoms with Crippen LogP contribution in [0, 0.1) is 0 Å². The van der Waals surface area contributed by atoms with Crippen molar-refractivity contribution in [2.45, 2.75) is 0 Å². The van der Waals surface area contributed by atoms with Crippen LogP contribution in [0.4, 0.5) is 0 Å². The zero-order valence-corrected chi connectivity index (χ0v) is 12.2. The van der Waals surface area contributed by atoms with Crippen LogP contribution < -0.4 is 4.18 Å². The summed E-state index contributed by atoms with van der Waals surface area (Å²) in [7, 11) is -3.65. The van der Waals surface area contributed by atoms with E-state index in [0.29, 0.717) is 5.56 Å². The maximum atomic E-state index is 11.4. The van der Waals surface area contributed by atoms with Gasteiger partial charge in [-0.3, -0.25) is 0 Å². The third kappa shape index (κ3) is 2.16. The third-order valence-corrected chi connectivity index (χ3v) is 4.45. The maximum absolute atomic E-state index is 11.4. The molecule has 0 spiro atoms. The Morgan fingerprint density at radius 3 is 2.73 bits per heavy atom. The molecule has 22 heavy (non-hydrogen) atoms. The van der Waals surface area contributed by atoms with Gasteiger partial charge in [-0.25, -0.2) is 4.98 Å². The number of fused-ring (bicyclic) bond motifs is 2. The van der Waals surface area contributed by atoms with Crippen molar-refractivity contribution in [1.82, 2.24) is 4.98 Å². The molecule has 3 aromatic rings. The number of benzene rings is 2. The predicted octanol–water partition coefficient (Wildman–Crippen LogP) is 3.59. The molecule has 0 unspecified atom stereocenters. The van der Waals surface area contributed by atoms with Crippen LogP contribution in [0.25, 0.3) is 28.0 Å². The molecule has 0 atom stereocenters. The SMILES string of the molecule is O=S1(=O)C=Cc2cc(-c3cccc4ccccc34)cnc2O1. The summed E-state index contributed by atoms with van der Waals surface area (Å²) in [6, 6.07) is 16.1. The van der Waals surface area contributed by atoms with Crippen LogP contribution in [0.5, 0.6) is 5.88 Å². The molecule has 0 saturated carbocycles. The zero-order valence-electron chi connectivity index (χ0n) is 11.4. The lowest BCUT2D eigenvalue weighted by atomic mass is 9.98. The molecule has 5 heteroatoms. The molecular weight excluding hydrogens is 298 g/mol. The van der Waals surface area contributed by atoms with E-state index in [4.69, 9.17) is 4.18 Å². The van der Waals surface area contributed by atoms with Crippen LogP contribution in [-0.4, -0.2) is 13.4 Å². The molecule has 1 aliphatic rings. The number of hydrogen-bond acceptors (Lipinski definition) is 4. The highest BCUT2D eigenvalue weighted by molar-refractivity contribution is 7.90. The first-order chi connectivity index (χ1) is 10.6. The Bertz CT molecular complexity index is 1020. The van der Waals surface area contributed by atoms with E-state index in [1.165, 1.54) is 6.08 Å². The minimum atomic E-state index is -3.65. The summed E-state index contributed by atoms with van der Waals surface area (Å²) in [6.45, 7) is 0. The van der Waals surface area contributed by atoms with Gasteiger partial charge in [-0.05, 0) is 28.5 Å². The van der Waals surface area contributed by atoms with Gasteiger partial charge >= 0.3 is 10.1 Å². The normalized spacial score (nSPS) is 15.3. The molecule has 0 aliphatic carbocycles. The van der Waals surface area contributed by atoms with Crippen molar-refractivity contribution < 1.29 is 12.6 Å². The van der Waals surface area contributed by atoms with Crippen molar-refractivity contribution in [3.05, 3.63) is 65.7 Å². The van der Waals surface area contributed by atoms with Gasteiger partial charge < -0.3 is 4.18 Å². The lowest BCUT2D eigenvalue weighted by Crippen LogP contribution is -2.10. The van der Waals surface area contributed by atoms with Gasteiger partial charge in [-0.15, -0.1) is 0 Å². The van der Waals surface area contributed by atoms with E-state index in [2.05, 4.69) is 23.2 Å². The Labute approximate surface area is 127 Å². The number of aromatic nitrogens is 1. The van der Waals surface area contributed by atoms with Crippen LogP contribution in [-0.2, 0) is 10.1 Å². The summed E-state index contributed by atoms with van der Waals surface area (Å²) >= 11 is 0. The minimum Gasteiger partial charge on any atom is -0.358 e. The molecule has 2 aromatic carbocycles. The smallest absolute Gasteiger partial charge is 0.333 e. The maximum Gasteiger partial charge on any atom is 0.333 e. The van der Waals surface area contributed by atoms with Crippen LogP contribution in [0.15, 0.2) is 60.1 Å². The summed E-state index contributed by atoms with van der Waals surface area (Å²) in [4.78, 5) is 4.15. The van der Waals surface area contributed by atoms with Crippen LogP contribution in [0.1, 0.15) is 5.56 Å². The fourth-order valence-electron chi connectivity index (χ4n) is 2.58. The van der Waals surface area contributed by atoms with Gasteiger partial charge in [0, 0.05) is 17.3 Å². The molecule has 2 heterocycles. The largest absolute Gasteiger partial charge is 0.358 e. The van der Waals surface area contributed by atoms with Crippen LogP contribution >= 0.6 is 0 Å². The number of pyridine rings is 1. The summed E-state index contributed by atoms with van der Waals surface area (Å²) in [5.41, 5.74) is 2.62. The van der Waals surface area contributed by atoms with E-state index in [-0.39, 0.29) is 5.88 Å². The van der Waals surface area contributed by atoms with Gasteiger partial charge in [0.2, 0.25) is 5.88 Å². The fraction of sp³-hybridized carbons (Fsp3) is 0. The number of rotatable bonds is 1. The number of nitrogens with zero attached hydrogens (tertiary/aromatic N) is 1. The van der Waals surface area contributed by atoms with Crippen molar-refractivity contribution in [3.8, 4) is 17.0 Å². The van der Waals surface area contributed by atoms with Gasteiger partial charge in [-0.2, -0.15) is 8.42 Å². The molecule has 1 aliphatic heterocycles. The molecule has 0 bridgehead atoms. The summed E-state index contributed by atoms with van der Waals surface area (Å²) < 4.78 is 27.7. The Balaban J connectivity index is 1.90. The first-order valence-corrected chi connectivity index (χ1v) is 8.20. The standard InChI is InChI=1S/C17H11NO3S/c19-22(20)9-8-13-10-14(11-18-17(13)21-22)16-7-3-5-12-4-1-2-6-15(12)16/h1-11H. The van der Waals surface area contributed by atoms with Crippen molar-refractivity contribution >= 4 is 27.0 Å². The molecule has 1 aromatic heterocycles. The summed E-state index contributed by atoms with van der Waals surface area (Å²) in [5, 5.41) is 3.32. The molecule has 0 radical (unpaired) electrons. The van der Waals surface area contributed by atoms with Crippen molar-refractivity contribution in [2.24, 2.45) is 0 Å². The van der Waals surface area contributed by atoms with Crippen LogP contribution in [0.3, 0.4) is 0 Å². The summed E-state index contributed by atoms with van der Waals surface area (Å²) in [5.74, 6) is 0.117. The highest BCUT2D eigenvalue weighted by Crippen LogP contribution is 2.32. The van der Waals surface area contributed by atoms with Crippen molar-refractivity contribution in [2.75, 3.05) is 0 Å². The predicted molar refractivity (Wildman–Crippen MR) is 85.8 cm³/mol. The van der Waals surface area contributed by atoms with Gasteiger partial charge in [0.25, 0.3) is 0 Å². The molecule has 4 nitrogen and oxygen atoms in total. The average molecular weight is 309 g/mol. The Hall–Kier alpha value is -2.66. The van der Waals surface area contributed by atoms with E-state index < -0.39 is 10.1 Å². The second-order valence-electron chi connectivity index (χ2n) is 5.02. The van der Waals surface area contributed by atoms with Gasteiger partial charge in [0.1, 0.15) is 0 Å². The number of hydrogen-bond donors (Lipinski definition) is 0. The van der Waals surface area contributed by atoms with Gasteiger partial charge in [0.05, 0.1) is 5.41 Å². The lowest BCUT2D eigenvalue weighted by molar-refractivity contribution is 0.484. The molecule has 0 saturated heterocycles. The monoisotopic (exact) mass is 309 g/mol. The molecule has 0 amide bonds. The Kier molecular flexibility index (Phi) is 2.77. The first kappa shape index (κ1) is 13.0. The van der Waals surface area contributed by atoms with E-state index >= 15 is 0 Å². The molecule has 0 fully saturated rings. The van der Waals surface area contributed by atoms with Crippen molar-refractivity contribution in [3.63, 3.8) is 0 Å². The zero-order chi connectivity index (χ0) is 15.2. The quantitative estimate of drug-likeness (QED) is 0.645. The second kappa shape index (κ2) is 4.68. The highest BCUT2D eigenvalue weighted by Gasteiger charge is 2.19. The Morgan fingerprint density at radius 2 is 1.82 bits per heavy atom. The van der Waals surface area contributed by atoms with E-state index in [1.54, 1.807) is 6.20 Å². The fourth-order valence-corrected chi connectivity index (χ4v) is 3.31. The third-order valence-electron chi connectivity index (χ3n) is 3.59. The van der Waals surface area contributed by atoms with E-state index in [1.807, 2.05) is 30.3 Å². The van der Waals surface area contributed by atoms with Crippen LogP contribution in [0.2, 0.25) is 0 Å². The minimum absolute atomic E-state index is 0.117. The molecule has 108 valence electrons. The first-order valence-electron chi connectivity index (χ1n) is 6.73. The van der Waals surface area contributed by atoms with Crippen molar-refractivity contribution in [1.29, 1.82) is 0 Å². The lowest BCUT2D eigenvalue weighted by Gasteiger charge is -2.13. The molecule has 4 rings (SSSR count). The average Bonchev–Trinajstić information content (AvgIpc) is 2.53. The topological polar surface area (TPSA) is 56.3 Å². The highest BCUT2D eigenvalue weighted by atomic mass is 32.2. The van der Waals surface area contributed by atoms with E-state index in [0.717, 1.165) is 27.3 Å². The molecule has 0 N–H and O–H groups in total. The van der Waals surface area contributed by atoms with Gasteiger partial charge in [0.15, 0.2) is 0 Å².